The molecule has 3 aromatic rings. The third-order valence-corrected chi connectivity index (χ3v) is 3.98. The molecule has 0 aliphatic carbocycles. The van der Waals surface area contributed by atoms with Gasteiger partial charge < -0.3 is 5.32 Å². The summed E-state index contributed by atoms with van der Waals surface area (Å²) in [5.41, 5.74) is 5.39. The zero-order chi connectivity index (χ0) is 18.5. The van der Waals surface area contributed by atoms with Crippen LogP contribution in [-0.2, 0) is 0 Å². The third-order valence-electron chi connectivity index (χ3n) is 3.98. The van der Waals surface area contributed by atoms with Crippen molar-refractivity contribution in [1.29, 1.82) is 0 Å². The van der Waals surface area contributed by atoms with Crippen molar-refractivity contribution in [1.82, 2.24) is 10.4 Å². The van der Waals surface area contributed by atoms with Gasteiger partial charge in [0.05, 0.1) is 0 Å². The first-order chi connectivity index (χ1) is 13.3. The minimum absolute atomic E-state index is 0.355. The standard InChI is InChI=1S/C21H17N5O/c27-21(22-18-14-8-3-9-15-18)26-20(17-12-6-2-7-13-17)24-23-19(25-26)16-10-4-1-5-11-16/h1-15H,(H,22,27)(H,23,25). The van der Waals surface area contributed by atoms with Gasteiger partial charge in [-0.15, -0.1) is 10.2 Å². The van der Waals surface area contributed by atoms with Crippen molar-refractivity contribution in [2.75, 3.05) is 5.32 Å². The zero-order valence-electron chi connectivity index (χ0n) is 14.4. The van der Waals surface area contributed by atoms with E-state index in [0.29, 0.717) is 17.4 Å². The van der Waals surface area contributed by atoms with Crippen molar-refractivity contribution < 1.29 is 4.79 Å². The third kappa shape index (κ3) is 3.69. The van der Waals surface area contributed by atoms with Gasteiger partial charge in [-0.3, -0.25) is 5.43 Å². The highest BCUT2D eigenvalue weighted by Gasteiger charge is 2.26. The molecular formula is C21H17N5O. The SMILES string of the molecule is O=C(Nc1ccccc1)N1NC(c2ccccc2)=NN=C1c1ccccc1. The van der Waals surface area contributed by atoms with Crippen molar-refractivity contribution in [2.24, 2.45) is 10.2 Å². The molecular weight excluding hydrogens is 338 g/mol. The number of amidine groups is 2. The van der Waals surface area contributed by atoms with E-state index in [1.54, 1.807) is 0 Å². The second kappa shape index (κ2) is 7.53. The number of carbonyl (C=O) groups is 1. The van der Waals surface area contributed by atoms with Crippen LogP contribution in [0.2, 0.25) is 0 Å². The number of carbonyl (C=O) groups excluding carboxylic acids is 1. The average molecular weight is 355 g/mol. The van der Waals surface area contributed by atoms with Crippen molar-refractivity contribution in [2.45, 2.75) is 0 Å². The Morgan fingerprint density at radius 1 is 0.741 bits per heavy atom. The van der Waals surface area contributed by atoms with Crippen LogP contribution in [0.25, 0.3) is 0 Å². The maximum atomic E-state index is 12.9. The molecule has 2 N–H and O–H groups in total. The summed E-state index contributed by atoms with van der Waals surface area (Å²) in [5, 5.41) is 12.8. The highest BCUT2D eigenvalue weighted by molar-refractivity contribution is 6.14. The summed E-state index contributed by atoms with van der Waals surface area (Å²) in [7, 11) is 0. The Morgan fingerprint density at radius 3 is 1.93 bits per heavy atom. The monoisotopic (exact) mass is 355 g/mol. The molecule has 6 heteroatoms. The van der Waals surface area contributed by atoms with Gasteiger partial charge in [-0.05, 0) is 12.1 Å². The van der Waals surface area contributed by atoms with E-state index in [1.165, 1.54) is 5.01 Å². The Balaban J connectivity index is 1.68. The lowest BCUT2D eigenvalue weighted by Crippen LogP contribution is -2.53. The molecule has 6 nitrogen and oxygen atoms in total. The van der Waals surface area contributed by atoms with Crippen molar-refractivity contribution in [3.8, 4) is 0 Å². The van der Waals surface area contributed by atoms with Crippen LogP contribution < -0.4 is 10.7 Å². The molecule has 0 fully saturated rings. The van der Waals surface area contributed by atoms with Gasteiger partial charge >= 0.3 is 6.03 Å². The van der Waals surface area contributed by atoms with Crippen LogP contribution in [0.1, 0.15) is 11.1 Å². The first-order valence-electron chi connectivity index (χ1n) is 8.50. The molecule has 132 valence electrons. The minimum Gasteiger partial charge on any atom is -0.306 e. The summed E-state index contributed by atoms with van der Waals surface area (Å²) in [6.07, 6.45) is 0. The van der Waals surface area contributed by atoms with Crippen LogP contribution in [-0.4, -0.2) is 22.7 Å². The zero-order valence-corrected chi connectivity index (χ0v) is 14.4. The highest BCUT2D eigenvalue weighted by atomic mass is 16.2. The molecule has 0 radical (unpaired) electrons. The van der Waals surface area contributed by atoms with Gasteiger partial charge in [-0.1, -0.05) is 78.9 Å². The molecule has 0 aromatic heterocycles. The molecule has 0 spiro atoms. The second-order valence-corrected chi connectivity index (χ2v) is 5.85. The van der Waals surface area contributed by atoms with E-state index in [0.717, 1.165) is 11.1 Å². The number of benzene rings is 3. The Hall–Kier alpha value is -3.93. The predicted molar refractivity (Wildman–Crippen MR) is 106 cm³/mol. The Labute approximate surface area is 156 Å². The smallest absolute Gasteiger partial charge is 0.306 e. The summed E-state index contributed by atoms with van der Waals surface area (Å²) < 4.78 is 0. The van der Waals surface area contributed by atoms with Gasteiger partial charge in [-0.2, -0.15) is 5.01 Å². The topological polar surface area (TPSA) is 69.1 Å². The van der Waals surface area contributed by atoms with Crippen molar-refractivity contribution in [3.05, 3.63) is 102 Å². The molecule has 1 aliphatic heterocycles. The lowest BCUT2D eigenvalue weighted by Gasteiger charge is -2.28. The second-order valence-electron chi connectivity index (χ2n) is 5.85. The molecule has 0 saturated heterocycles. The highest BCUT2D eigenvalue weighted by Crippen LogP contribution is 2.13. The number of hydrazine groups is 1. The number of para-hydroxylation sites is 1. The number of urea groups is 1. The maximum absolute atomic E-state index is 12.9. The first-order valence-corrected chi connectivity index (χ1v) is 8.50. The fourth-order valence-corrected chi connectivity index (χ4v) is 2.66. The van der Waals surface area contributed by atoms with Gasteiger partial charge in [0.25, 0.3) is 0 Å². The van der Waals surface area contributed by atoms with E-state index in [4.69, 9.17) is 0 Å². The molecule has 0 saturated carbocycles. The van der Waals surface area contributed by atoms with Crippen LogP contribution in [0.3, 0.4) is 0 Å². The number of anilines is 1. The summed E-state index contributed by atoms with van der Waals surface area (Å²) >= 11 is 0. The number of hydrogen-bond donors (Lipinski definition) is 2. The summed E-state index contributed by atoms with van der Waals surface area (Å²) in [6.45, 7) is 0. The Kier molecular flexibility index (Phi) is 4.61. The molecule has 0 unspecified atom stereocenters. The van der Waals surface area contributed by atoms with E-state index in [9.17, 15) is 4.79 Å². The lowest BCUT2D eigenvalue weighted by molar-refractivity contribution is 0.227. The molecule has 1 aliphatic rings. The van der Waals surface area contributed by atoms with E-state index in [1.807, 2.05) is 91.0 Å². The van der Waals surface area contributed by atoms with E-state index in [2.05, 4.69) is 20.9 Å². The first kappa shape index (κ1) is 16.5. The molecule has 4 rings (SSSR count). The molecule has 0 atom stereocenters. The van der Waals surface area contributed by atoms with Crippen LogP contribution in [0.5, 0.6) is 0 Å². The molecule has 2 amide bonds. The quantitative estimate of drug-likeness (QED) is 0.749. The summed E-state index contributed by atoms with van der Waals surface area (Å²) in [5.74, 6) is 0.919. The molecule has 1 heterocycles. The molecule has 0 bridgehead atoms. The summed E-state index contributed by atoms with van der Waals surface area (Å²) in [6, 6.07) is 27.9. The van der Waals surface area contributed by atoms with Crippen LogP contribution >= 0.6 is 0 Å². The number of hydrogen-bond acceptors (Lipinski definition) is 4. The van der Waals surface area contributed by atoms with Gasteiger partial charge in [-0.25, -0.2) is 4.79 Å². The largest absolute Gasteiger partial charge is 0.346 e. The number of nitrogens with one attached hydrogen (secondary N) is 2. The Morgan fingerprint density at radius 2 is 1.30 bits per heavy atom. The maximum Gasteiger partial charge on any atom is 0.346 e. The normalized spacial score (nSPS) is 13.3. The fraction of sp³-hybridized carbons (Fsp3) is 0. The van der Waals surface area contributed by atoms with Crippen LogP contribution in [0.4, 0.5) is 10.5 Å². The number of rotatable bonds is 3. The summed E-state index contributed by atoms with van der Waals surface area (Å²) in [4.78, 5) is 12.9. The van der Waals surface area contributed by atoms with Crippen molar-refractivity contribution in [3.63, 3.8) is 0 Å². The van der Waals surface area contributed by atoms with E-state index in [-0.39, 0.29) is 6.03 Å². The molecule has 3 aromatic carbocycles. The van der Waals surface area contributed by atoms with Gasteiger partial charge in [0.2, 0.25) is 0 Å². The Bertz CT molecular complexity index is 985. The van der Waals surface area contributed by atoms with E-state index < -0.39 is 0 Å². The van der Waals surface area contributed by atoms with E-state index >= 15 is 0 Å². The predicted octanol–water partition coefficient (Wildman–Crippen LogP) is 3.85. The van der Waals surface area contributed by atoms with Gasteiger partial charge in [0.1, 0.15) is 0 Å². The van der Waals surface area contributed by atoms with Gasteiger partial charge in [0.15, 0.2) is 11.7 Å². The number of nitrogens with zero attached hydrogens (tertiary/aromatic N) is 3. The molecule has 27 heavy (non-hydrogen) atoms. The number of amides is 2. The lowest BCUT2D eigenvalue weighted by atomic mass is 10.2. The van der Waals surface area contributed by atoms with Gasteiger partial charge in [0, 0.05) is 16.8 Å². The van der Waals surface area contributed by atoms with Crippen molar-refractivity contribution >= 4 is 23.4 Å². The minimum atomic E-state index is -0.355. The fourth-order valence-electron chi connectivity index (χ4n) is 2.66. The van der Waals surface area contributed by atoms with Crippen LogP contribution in [0, 0.1) is 0 Å². The van der Waals surface area contributed by atoms with Crippen LogP contribution in [0.15, 0.2) is 101 Å². The average Bonchev–Trinajstić information content (AvgIpc) is 2.75.